The van der Waals surface area contributed by atoms with Gasteiger partial charge in [0.05, 0.1) is 26.5 Å². The summed E-state index contributed by atoms with van der Waals surface area (Å²) in [5, 5.41) is 0. The maximum atomic E-state index is 13.4. The number of benzene rings is 2. The Bertz CT molecular complexity index is 866. The van der Waals surface area contributed by atoms with E-state index in [0.717, 1.165) is 0 Å². The molecule has 0 bridgehead atoms. The molecule has 0 amide bonds. The van der Waals surface area contributed by atoms with Crippen LogP contribution in [0.3, 0.4) is 0 Å². The molecule has 134 valence electrons. The van der Waals surface area contributed by atoms with E-state index in [0.29, 0.717) is 23.6 Å². The molecule has 25 heavy (non-hydrogen) atoms. The summed E-state index contributed by atoms with van der Waals surface area (Å²) >= 11 is 0. The molecule has 7 heteroatoms. The lowest BCUT2D eigenvalue weighted by atomic mass is 10.2. The van der Waals surface area contributed by atoms with E-state index in [-0.39, 0.29) is 23.3 Å². The number of para-hydroxylation sites is 2. The minimum Gasteiger partial charge on any atom is -0.497 e. The molecule has 0 aromatic heterocycles. The van der Waals surface area contributed by atoms with E-state index in [2.05, 4.69) is 0 Å². The molecule has 1 aliphatic rings. The average Bonchev–Trinajstić information content (AvgIpc) is 2.66. The van der Waals surface area contributed by atoms with Gasteiger partial charge in [0.1, 0.15) is 28.2 Å². The lowest BCUT2D eigenvalue weighted by Crippen LogP contribution is -2.43. The number of rotatable bonds is 5. The molecule has 0 fully saturated rings. The van der Waals surface area contributed by atoms with Gasteiger partial charge in [-0.3, -0.25) is 4.31 Å². The molecule has 6 nitrogen and oxygen atoms in total. The summed E-state index contributed by atoms with van der Waals surface area (Å²) in [5.41, 5.74) is 0.525. The fourth-order valence-corrected chi connectivity index (χ4v) is 4.49. The number of anilines is 1. The van der Waals surface area contributed by atoms with Crippen molar-refractivity contribution in [3.05, 3.63) is 42.5 Å². The SMILES string of the molecule is CCC1CN(S(=O)(=O)c2cc(OC)ccc2OC)c2ccccc2O1. The van der Waals surface area contributed by atoms with E-state index < -0.39 is 10.0 Å². The lowest BCUT2D eigenvalue weighted by molar-refractivity contribution is 0.195. The third-order valence-electron chi connectivity index (χ3n) is 4.19. The van der Waals surface area contributed by atoms with E-state index in [1.165, 1.54) is 24.6 Å². The molecule has 2 aromatic rings. The summed E-state index contributed by atoms with van der Waals surface area (Å²) in [7, 11) is -0.903. The highest BCUT2D eigenvalue weighted by Crippen LogP contribution is 2.39. The molecule has 2 aromatic carbocycles. The second-order valence-electron chi connectivity index (χ2n) is 5.67. The summed E-state index contributed by atoms with van der Waals surface area (Å²) < 4.78 is 44.5. The standard InChI is InChI=1S/C18H21NO5S/c1-4-13-12-19(15-7-5-6-8-16(15)24-13)25(20,21)18-11-14(22-2)9-10-17(18)23-3/h5-11,13H,4,12H2,1-3H3. The highest BCUT2D eigenvalue weighted by atomic mass is 32.2. The van der Waals surface area contributed by atoms with Crippen molar-refractivity contribution in [2.75, 3.05) is 25.1 Å². The molecule has 1 aliphatic heterocycles. The van der Waals surface area contributed by atoms with Crippen LogP contribution in [0.25, 0.3) is 0 Å². The first-order valence-corrected chi connectivity index (χ1v) is 9.45. The second kappa shape index (κ2) is 6.84. The smallest absolute Gasteiger partial charge is 0.268 e. The van der Waals surface area contributed by atoms with Crippen molar-refractivity contribution < 1.29 is 22.6 Å². The predicted molar refractivity (Wildman–Crippen MR) is 95.2 cm³/mol. The number of methoxy groups -OCH3 is 2. The van der Waals surface area contributed by atoms with Gasteiger partial charge in [0.2, 0.25) is 0 Å². The lowest BCUT2D eigenvalue weighted by Gasteiger charge is -2.35. The topological polar surface area (TPSA) is 65.1 Å². The third kappa shape index (κ3) is 3.11. The van der Waals surface area contributed by atoms with Gasteiger partial charge in [-0.1, -0.05) is 19.1 Å². The first-order valence-electron chi connectivity index (χ1n) is 8.01. The summed E-state index contributed by atoms with van der Waals surface area (Å²) in [6.07, 6.45) is 0.497. The van der Waals surface area contributed by atoms with Gasteiger partial charge >= 0.3 is 0 Å². The zero-order valence-corrected chi connectivity index (χ0v) is 15.2. The van der Waals surface area contributed by atoms with E-state index in [1.54, 1.807) is 30.3 Å². The maximum absolute atomic E-state index is 13.4. The van der Waals surface area contributed by atoms with Gasteiger partial charge in [-0.15, -0.1) is 0 Å². The Balaban J connectivity index is 2.14. The minimum atomic E-state index is -3.85. The quantitative estimate of drug-likeness (QED) is 0.817. The van der Waals surface area contributed by atoms with Crippen molar-refractivity contribution >= 4 is 15.7 Å². The van der Waals surface area contributed by atoms with Crippen molar-refractivity contribution in [3.63, 3.8) is 0 Å². The Hall–Kier alpha value is -2.41. The number of sulfonamides is 1. The molecule has 0 saturated carbocycles. The van der Waals surface area contributed by atoms with Crippen LogP contribution >= 0.6 is 0 Å². The Morgan fingerprint density at radius 2 is 1.92 bits per heavy atom. The number of hydrogen-bond acceptors (Lipinski definition) is 5. The first-order chi connectivity index (χ1) is 12.0. The van der Waals surface area contributed by atoms with Crippen molar-refractivity contribution in [1.82, 2.24) is 0 Å². The Labute approximate surface area is 148 Å². The average molecular weight is 363 g/mol. The number of nitrogens with zero attached hydrogens (tertiary/aromatic N) is 1. The van der Waals surface area contributed by atoms with E-state index >= 15 is 0 Å². The highest BCUT2D eigenvalue weighted by molar-refractivity contribution is 7.93. The van der Waals surface area contributed by atoms with Crippen LogP contribution in [0.15, 0.2) is 47.4 Å². The largest absolute Gasteiger partial charge is 0.497 e. The fourth-order valence-electron chi connectivity index (χ4n) is 2.81. The zero-order chi connectivity index (χ0) is 18.0. The van der Waals surface area contributed by atoms with E-state index in [4.69, 9.17) is 14.2 Å². The summed E-state index contributed by atoms with van der Waals surface area (Å²) in [4.78, 5) is 0.0703. The minimum absolute atomic E-state index is 0.0703. The molecule has 0 radical (unpaired) electrons. The van der Waals surface area contributed by atoms with Crippen LogP contribution < -0.4 is 18.5 Å². The van der Waals surface area contributed by atoms with E-state index in [1.807, 2.05) is 13.0 Å². The van der Waals surface area contributed by atoms with Crippen molar-refractivity contribution in [2.45, 2.75) is 24.3 Å². The van der Waals surface area contributed by atoms with E-state index in [9.17, 15) is 8.42 Å². The number of ether oxygens (including phenoxy) is 3. The van der Waals surface area contributed by atoms with Gasteiger partial charge in [-0.05, 0) is 30.7 Å². The van der Waals surface area contributed by atoms with Crippen LogP contribution in [0.4, 0.5) is 5.69 Å². The third-order valence-corrected chi connectivity index (χ3v) is 5.99. The monoisotopic (exact) mass is 363 g/mol. The summed E-state index contributed by atoms with van der Waals surface area (Å²) in [6.45, 7) is 2.21. The van der Waals surface area contributed by atoms with Gasteiger partial charge in [0.25, 0.3) is 10.0 Å². The van der Waals surface area contributed by atoms with Gasteiger partial charge in [-0.25, -0.2) is 8.42 Å². The normalized spacial score (nSPS) is 16.8. The van der Waals surface area contributed by atoms with Crippen LogP contribution in [-0.4, -0.2) is 35.3 Å². The Morgan fingerprint density at radius 3 is 2.60 bits per heavy atom. The highest BCUT2D eigenvalue weighted by Gasteiger charge is 2.35. The molecule has 1 unspecified atom stereocenters. The van der Waals surface area contributed by atoms with Gasteiger partial charge in [-0.2, -0.15) is 0 Å². The molecule has 1 atom stereocenters. The molecule has 0 saturated heterocycles. The van der Waals surface area contributed by atoms with Crippen molar-refractivity contribution in [3.8, 4) is 17.2 Å². The van der Waals surface area contributed by atoms with Crippen LogP contribution in [0, 0.1) is 0 Å². The fraction of sp³-hybridized carbons (Fsp3) is 0.333. The van der Waals surface area contributed by atoms with Crippen molar-refractivity contribution in [2.24, 2.45) is 0 Å². The van der Waals surface area contributed by atoms with Gasteiger partial charge in [0.15, 0.2) is 0 Å². The molecular weight excluding hydrogens is 342 g/mol. The van der Waals surface area contributed by atoms with Crippen LogP contribution in [0.5, 0.6) is 17.2 Å². The van der Waals surface area contributed by atoms with Crippen molar-refractivity contribution in [1.29, 1.82) is 0 Å². The molecule has 0 spiro atoms. The van der Waals surface area contributed by atoms with Gasteiger partial charge in [0, 0.05) is 6.07 Å². The predicted octanol–water partition coefficient (Wildman–Crippen LogP) is 3.07. The Morgan fingerprint density at radius 1 is 1.16 bits per heavy atom. The van der Waals surface area contributed by atoms with Crippen LogP contribution in [0.1, 0.15) is 13.3 Å². The molecule has 3 rings (SSSR count). The maximum Gasteiger partial charge on any atom is 0.268 e. The number of fused-ring (bicyclic) bond motifs is 1. The first kappa shape index (κ1) is 17.4. The molecule has 0 aliphatic carbocycles. The zero-order valence-electron chi connectivity index (χ0n) is 14.4. The number of hydrogen-bond donors (Lipinski definition) is 0. The summed E-state index contributed by atoms with van der Waals surface area (Å²) in [5.74, 6) is 1.29. The van der Waals surface area contributed by atoms with Gasteiger partial charge < -0.3 is 14.2 Å². The Kier molecular flexibility index (Phi) is 4.76. The molecular formula is C18H21NO5S. The van der Waals surface area contributed by atoms with Crippen LogP contribution in [0.2, 0.25) is 0 Å². The summed E-state index contributed by atoms with van der Waals surface area (Å²) in [6, 6.07) is 11.9. The van der Waals surface area contributed by atoms with Crippen LogP contribution in [-0.2, 0) is 10.0 Å². The molecule has 0 N–H and O–H groups in total. The second-order valence-corrected chi connectivity index (χ2v) is 7.50. The molecule has 1 heterocycles.